The molecule has 0 spiro atoms. The molecule has 2 heterocycles. The van der Waals surface area contributed by atoms with Gasteiger partial charge in [0.05, 0.1) is 5.02 Å². The number of imidazole rings is 1. The van der Waals surface area contributed by atoms with Crippen molar-refractivity contribution < 1.29 is 9.18 Å². The Hall–Kier alpha value is -2.20. The number of nitrogens with zero attached hydrogens (tertiary/aromatic N) is 2. The van der Waals surface area contributed by atoms with E-state index in [4.69, 9.17) is 11.6 Å². The third kappa shape index (κ3) is 1.98. The maximum absolute atomic E-state index is 13.9. The van der Waals surface area contributed by atoms with Gasteiger partial charge in [-0.05, 0) is 24.3 Å². The van der Waals surface area contributed by atoms with E-state index >= 15 is 0 Å². The van der Waals surface area contributed by atoms with Gasteiger partial charge in [-0.3, -0.25) is 9.20 Å². The largest absolute Gasteiger partial charge is 0.295 e. The zero-order valence-electron chi connectivity index (χ0n) is 10.6. The molecule has 3 aromatic rings. The Morgan fingerprint density at radius 3 is 2.70 bits per heavy atom. The Balaban J connectivity index is 2.39. The zero-order valence-corrected chi connectivity index (χ0v) is 11.4. The number of carbonyl (C=O) groups is 1. The van der Waals surface area contributed by atoms with E-state index in [1.54, 1.807) is 40.9 Å². The van der Waals surface area contributed by atoms with Crippen molar-refractivity contribution in [3.63, 3.8) is 0 Å². The van der Waals surface area contributed by atoms with Crippen LogP contribution in [0.25, 0.3) is 16.9 Å². The average Bonchev–Trinajstić information content (AvgIpc) is 2.77. The molecule has 20 heavy (non-hydrogen) atoms. The molecule has 0 bridgehead atoms. The molecule has 0 unspecified atom stereocenters. The lowest BCUT2D eigenvalue weighted by atomic mass is 10.1. The van der Waals surface area contributed by atoms with Crippen LogP contribution in [-0.2, 0) is 0 Å². The molecule has 0 saturated heterocycles. The first-order valence-electron chi connectivity index (χ1n) is 6.01. The van der Waals surface area contributed by atoms with Crippen molar-refractivity contribution in [3.05, 3.63) is 59.1 Å². The van der Waals surface area contributed by atoms with Gasteiger partial charge in [0.25, 0.3) is 0 Å². The van der Waals surface area contributed by atoms with Gasteiger partial charge in [0.1, 0.15) is 22.9 Å². The van der Waals surface area contributed by atoms with Crippen molar-refractivity contribution >= 4 is 23.0 Å². The van der Waals surface area contributed by atoms with Gasteiger partial charge in [-0.25, -0.2) is 9.37 Å². The highest BCUT2D eigenvalue weighted by Gasteiger charge is 2.19. The van der Waals surface area contributed by atoms with Gasteiger partial charge in [-0.15, -0.1) is 0 Å². The predicted molar refractivity (Wildman–Crippen MR) is 75.6 cm³/mol. The molecule has 0 radical (unpaired) electrons. The molecule has 0 saturated carbocycles. The minimum Gasteiger partial charge on any atom is -0.295 e. The molecule has 0 amide bonds. The van der Waals surface area contributed by atoms with Crippen molar-refractivity contribution in [1.82, 2.24) is 9.38 Å². The number of ketones is 1. The van der Waals surface area contributed by atoms with E-state index in [2.05, 4.69) is 4.98 Å². The highest BCUT2D eigenvalue weighted by atomic mass is 35.5. The standard InChI is InChI=1S/C15H10ClFN2O/c1-9(20)15-14(11-4-2-3-5-12(11)17)18-13-7-6-10(16)8-19(13)15/h2-8H,1H3. The number of halogens is 2. The number of aromatic nitrogens is 2. The van der Waals surface area contributed by atoms with Crippen molar-refractivity contribution in [2.45, 2.75) is 6.92 Å². The third-order valence-corrected chi connectivity index (χ3v) is 3.27. The van der Waals surface area contributed by atoms with Crippen LogP contribution in [0.15, 0.2) is 42.6 Å². The maximum atomic E-state index is 13.9. The number of pyridine rings is 1. The van der Waals surface area contributed by atoms with E-state index < -0.39 is 5.82 Å². The van der Waals surface area contributed by atoms with Crippen LogP contribution in [0.5, 0.6) is 0 Å². The van der Waals surface area contributed by atoms with Gasteiger partial charge < -0.3 is 0 Å². The monoisotopic (exact) mass is 288 g/mol. The molecular formula is C15H10ClFN2O. The molecule has 3 nitrogen and oxygen atoms in total. The molecule has 0 N–H and O–H groups in total. The maximum Gasteiger partial charge on any atom is 0.178 e. The van der Waals surface area contributed by atoms with Gasteiger partial charge in [0.2, 0.25) is 0 Å². The Labute approximate surface area is 119 Å². The summed E-state index contributed by atoms with van der Waals surface area (Å²) in [7, 11) is 0. The SMILES string of the molecule is CC(=O)c1c(-c2ccccc2F)nc2ccc(Cl)cn12. The fourth-order valence-electron chi connectivity index (χ4n) is 2.20. The predicted octanol–water partition coefficient (Wildman–Crippen LogP) is 4.00. The van der Waals surface area contributed by atoms with Gasteiger partial charge in [-0.1, -0.05) is 23.7 Å². The Kier molecular flexibility index (Phi) is 3.03. The van der Waals surface area contributed by atoms with Crippen LogP contribution >= 0.6 is 11.6 Å². The second-order valence-corrected chi connectivity index (χ2v) is 4.86. The van der Waals surface area contributed by atoms with Crippen LogP contribution in [0, 0.1) is 5.82 Å². The lowest BCUT2D eigenvalue weighted by Crippen LogP contribution is -2.01. The van der Waals surface area contributed by atoms with Gasteiger partial charge >= 0.3 is 0 Å². The summed E-state index contributed by atoms with van der Waals surface area (Å²) in [6, 6.07) is 9.62. The molecule has 0 aliphatic carbocycles. The normalized spacial score (nSPS) is 10.9. The molecule has 0 aliphatic rings. The highest BCUT2D eigenvalue weighted by Crippen LogP contribution is 2.27. The van der Waals surface area contributed by atoms with Crippen LogP contribution < -0.4 is 0 Å². The minimum absolute atomic E-state index is 0.196. The molecule has 0 atom stereocenters. The Morgan fingerprint density at radius 2 is 2.00 bits per heavy atom. The topological polar surface area (TPSA) is 34.4 Å². The Bertz CT molecular complexity index is 826. The first-order chi connectivity index (χ1) is 9.58. The summed E-state index contributed by atoms with van der Waals surface area (Å²) in [4.78, 5) is 16.3. The van der Waals surface area contributed by atoms with Crippen molar-refractivity contribution in [3.8, 4) is 11.3 Å². The molecule has 3 rings (SSSR count). The first kappa shape index (κ1) is 12.8. The Morgan fingerprint density at radius 1 is 1.25 bits per heavy atom. The van der Waals surface area contributed by atoms with Crippen molar-refractivity contribution in [2.75, 3.05) is 0 Å². The summed E-state index contributed by atoms with van der Waals surface area (Å²) in [6.07, 6.45) is 1.60. The van der Waals surface area contributed by atoms with Gasteiger partial charge in [0, 0.05) is 18.7 Å². The van der Waals surface area contributed by atoms with Crippen LogP contribution in [-0.4, -0.2) is 15.2 Å². The number of carbonyl (C=O) groups excluding carboxylic acids is 1. The first-order valence-corrected chi connectivity index (χ1v) is 6.39. The van der Waals surface area contributed by atoms with Gasteiger partial charge in [0.15, 0.2) is 5.78 Å². The summed E-state index contributed by atoms with van der Waals surface area (Å²) < 4.78 is 15.5. The summed E-state index contributed by atoms with van der Waals surface area (Å²) in [5, 5.41) is 0.484. The number of hydrogen-bond acceptors (Lipinski definition) is 2. The zero-order chi connectivity index (χ0) is 14.3. The third-order valence-electron chi connectivity index (χ3n) is 3.04. The van der Waals surface area contributed by atoms with E-state index in [-0.39, 0.29) is 5.78 Å². The van der Waals surface area contributed by atoms with Crippen LogP contribution in [0.1, 0.15) is 17.4 Å². The summed E-state index contributed by atoms with van der Waals surface area (Å²) in [5.41, 5.74) is 1.51. The van der Waals surface area contributed by atoms with E-state index in [1.165, 1.54) is 13.0 Å². The molecular weight excluding hydrogens is 279 g/mol. The summed E-state index contributed by atoms with van der Waals surface area (Å²) >= 11 is 5.95. The highest BCUT2D eigenvalue weighted by molar-refractivity contribution is 6.30. The molecule has 0 aliphatic heterocycles. The molecule has 100 valence electrons. The van der Waals surface area contributed by atoms with Gasteiger partial charge in [-0.2, -0.15) is 0 Å². The second-order valence-electron chi connectivity index (χ2n) is 4.42. The van der Waals surface area contributed by atoms with Crippen LogP contribution in [0.3, 0.4) is 0 Å². The fraction of sp³-hybridized carbons (Fsp3) is 0.0667. The number of hydrogen-bond donors (Lipinski definition) is 0. The van der Waals surface area contributed by atoms with E-state index in [9.17, 15) is 9.18 Å². The number of benzene rings is 1. The molecule has 2 aromatic heterocycles. The molecule has 0 fully saturated rings. The number of fused-ring (bicyclic) bond motifs is 1. The van der Waals surface area contributed by atoms with E-state index in [1.807, 2.05) is 0 Å². The second kappa shape index (κ2) is 4.72. The van der Waals surface area contributed by atoms with Crippen molar-refractivity contribution in [1.29, 1.82) is 0 Å². The molecule has 5 heteroatoms. The van der Waals surface area contributed by atoms with E-state index in [0.717, 1.165) is 0 Å². The lowest BCUT2D eigenvalue weighted by molar-refractivity contribution is 0.101. The van der Waals surface area contributed by atoms with Crippen LogP contribution in [0.2, 0.25) is 5.02 Å². The number of rotatable bonds is 2. The lowest BCUT2D eigenvalue weighted by Gasteiger charge is -2.02. The minimum atomic E-state index is -0.412. The summed E-state index contributed by atoms with van der Waals surface area (Å²) in [6.45, 7) is 1.43. The van der Waals surface area contributed by atoms with Crippen LogP contribution in [0.4, 0.5) is 4.39 Å². The quantitative estimate of drug-likeness (QED) is 0.668. The summed E-state index contributed by atoms with van der Waals surface area (Å²) in [5.74, 6) is -0.609. The van der Waals surface area contributed by atoms with Crippen molar-refractivity contribution in [2.24, 2.45) is 0 Å². The smallest absolute Gasteiger partial charge is 0.178 e. The van der Waals surface area contributed by atoms with E-state index in [0.29, 0.717) is 27.6 Å². The average molecular weight is 289 g/mol. The molecule has 1 aromatic carbocycles. The number of Topliss-reactive ketones (excluding diaryl/α,β-unsaturated/α-hetero) is 1. The fourth-order valence-corrected chi connectivity index (χ4v) is 2.36.